The minimum absolute atomic E-state index is 0.226. The zero-order chi connectivity index (χ0) is 7.35. The minimum atomic E-state index is 0.226. The lowest BCUT2D eigenvalue weighted by atomic mass is 10.1. The van der Waals surface area contributed by atoms with Crippen molar-refractivity contribution in [2.75, 3.05) is 13.6 Å². The van der Waals surface area contributed by atoms with Gasteiger partial charge in [-0.05, 0) is 25.8 Å². The Morgan fingerprint density at radius 2 is 2.40 bits per heavy atom. The van der Waals surface area contributed by atoms with Crippen LogP contribution in [0.1, 0.15) is 19.8 Å². The second kappa shape index (κ2) is 1.74. The van der Waals surface area contributed by atoms with Gasteiger partial charge in [-0.3, -0.25) is 0 Å². The van der Waals surface area contributed by atoms with Gasteiger partial charge in [0.1, 0.15) is 0 Å². The van der Waals surface area contributed by atoms with E-state index in [1.165, 1.54) is 19.4 Å². The summed E-state index contributed by atoms with van der Waals surface area (Å²) in [7, 11) is 2.19. The van der Waals surface area contributed by atoms with Crippen LogP contribution in [0, 0.1) is 5.92 Å². The third kappa shape index (κ3) is 0.611. The van der Waals surface area contributed by atoms with E-state index in [2.05, 4.69) is 18.9 Å². The van der Waals surface area contributed by atoms with E-state index in [1.54, 1.807) is 0 Å². The first-order chi connectivity index (χ1) is 4.68. The van der Waals surface area contributed by atoms with Crippen molar-refractivity contribution >= 4 is 0 Å². The molecule has 1 saturated carbocycles. The van der Waals surface area contributed by atoms with Gasteiger partial charge in [0.15, 0.2) is 0 Å². The number of rotatable bonds is 1. The van der Waals surface area contributed by atoms with Crippen molar-refractivity contribution in [3.05, 3.63) is 0 Å². The van der Waals surface area contributed by atoms with E-state index in [4.69, 9.17) is 5.73 Å². The Bertz CT molecular complexity index is 157. The largest absolute Gasteiger partial charge is 0.323 e. The lowest BCUT2D eigenvalue weighted by molar-refractivity contribution is 0.249. The molecule has 1 aliphatic carbocycles. The fourth-order valence-electron chi connectivity index (χ4n) is 2.59. The van der Waals surface area contributed by atoms with E-state index < -0.39 is 0 Å². The molecule has 2 N–H and O–H groups in total. The molecule has 2 heteroatoms. The summed E-state index contributed by atoms with van der Waals surface area (Å²) in [4.78, 5) is 2.41. The molecule has 0 bridgehead atoms. The van der Waals surface area contributed by atoms with Crippen LogP contribution in [0.15, 0.2) is 0 Å². The predicted molar refractivity (Wildman–Crippen MR) is 41.7 cm³/mol. The van der Waals surface area contributed by atoms with Crippen LogP contribution in [-0.4, -0.2) is 30.1 Å². The maximum absolute atomic E-state index is 6.16. The first-order valence-corrected chi connectivity index (χ1v) is 4.17. The van der Waals surface area contributed by atoms with Gasteiger partial charge in [-0.15, -0.1) is 0 Å². The zero-order valence-electron chi connectivity index (χ0n) is 6.80. The van der Waals surface area contributed by atoms with Crippen molar-refractivity contribution < 1.29 is 0 Å². The lowest BCUT2D eigenvalue weighted by Gasteiger charge is -2.25. The highest BCUT2D eigenvalue weighted by Crippen LogP contribution is 2.51. The topological polar surface area (TPSA) is 29.3 Å². The molecular formula is C8H16N2. The fourth-order valence-corrected chi connectivity index (χ4v) is 2.59. The molecule has 0 aromatic rings. The molecular weight excluding hydrogens is 124 g/mol. The molecule has 0 radical (unpaired) electrons. The quantitative estimate of drug-likeness (QED) is 0.572. The molecule has 1 heterocycles. The molecule has 10 heavy (non-hydrogen) atoms. The molecule has 1 saturated heterocycles. The Labute approximate surface area is 62.4 Å². The van der Waals surface area contributed by atoms with E-state index in [9.17, 15) is 0 Å². The summed E-state index contributed by atoms with van der Waals surface area (Å²) >= 11 is 0. The highest BCUT2D eigenvalue weighted by Gasteiger charge is 2.61. The summed E-state index contributed by atoms with van der Waals surface area (Å²) in [5.74, 6) is 0.822. The van der Waals surface area contributed by atoms with Gasteiger partial charge >= 0.3 is 0 Å². The number of likely N-dealkylation sites (tertiary alicyclic amines) is 1. The second-order valence-corrected chi connectivity index (χ2v) is 3.88. The van der Waals surface area contributed by atoms with Crippen LogP contribution in [0.3, 0.4) is 0 Å². The van der Waals surface area contributed by atoms with Gasteiger partial charge in [-0.2, -0.15) is 0 Å². The maximum atomic E-state index is 6.16. The van der Waals surface area contributed by atoms with Crippen molar-refractivity contribution in [3.63, 3.8) is 0 Å². The van der Waals surface area contributed by atoms with Crippen molar-refractivity contribution in [1.29, 1.82) is 0 Å². The number of likely N-dealkylation sites (N-methyl/N-ethyl adjacent to an activating group) is 1. The van der Waals surface area contributed by atoms with E-state index in [0.717, 1.165) is 5.92 Å². The monoisotopic (exact) mass is 140 g/mol. The summed E-state index contributed by atoms with van der Waals surface area (Å²) < 4.78 is 0. The minimum Gasteiger partial charge on any atom is -0.323 e. The van der Waals surface area contributed by atoms with E-state index in [-0.39, 0.29) is 5.54 Å². The van der Waals surface area contributed by atoms with Crippen LogP contribution in [0.4, 0.5) is 0 Å². The number of hydrogen-bond donors (Lipinski definition) is 1. The lowest BCUT2D eigenvalue weighted by Crippen LogP contribution is -2.42. The van der Waals surface area contributed by atoms with Gasteiger partial charge in [0.25, 0.3) is 0 Å². The smallest absolute Gasteiger partial charge is 0.0357 e. The summed E-state index contributed by atoms with van der Waals surface area (Å²) in [6.07, 6.45) is 2.49. The van der Waals surface area contributed by atoms with Crippen LogP contribution in [-0.2, 0) is 0 Å². The standard InChI is InChI=1S/C8H16N2/c1-3-7-8(9)4-6(8)5-10(7)2/h6-7H,3-5,9H2,1-2H3/t6-,7+,8+/m0/s1. The number of nitrogens with zero attached hydrogens (tertiary/aromatic N) is 1. The van der Waals surface area contributed by atoms with Gasteiger partial charge in [0, 0.05) is 18.1 Å². The molecule has 0 aromatic heterocycles. The average Bonchev–Trinajstić information content (AvgIpc) is 2.38. The summed E-state index contributed by atoms with van der Waals surface area (Å²) in [6, 6.07) is 0.664. The molecule has 2 nitrogen and oxygen atoms in total. The first-order valence-electron chi connectivity index (χ1n) is 4.17. The SMILES string of the molecule is CC[C@H]1N(C)C[C@@H]2C[C@@]21N. The van der Waals surface area contributed by atoms with Crippen molar-refractivity contribution in [2.24, 2.45) is 11.7 Å². The van der Waals surface area contributed by atoms with Crippen molar-refractivity contribution in [1.82, 2.24) is 4.90 Å². The normalized spacial score (nSPS) is 53.1. The highest BCUT2D eigenvalue weighted by molar-refractivity contribution is 5.20. The first kappa shape index (κ1) is 6.62. The third-order valence-electron chi connectivity index (χ3n) is 3.25. The number of piperidine rings is 1. The Kier molecular flexibility index (Phi) is 1.15. The van der Waals surface area contributed by atoms with Gasteiger partial charge < -0.3 is 10.6 Å². The number of hydrogen-bond acceptors (Lipinski definition) is 2. The fraction of sp³-hybridized carbons (Fsp3) is 1.00. The Balaban J connectivity index is 2.14. The molecule has 2 rings (SSSR count). The Morgan fingerprint density at radius 3 is 2.70 bits per heavy atom. The Morgan fingerprint density at radius 1 is 1.70 bits per heavy atom. The highest BCUT2D eigenvalue weighted by atomic mass is 15.2. The summed E-state index contributed by atoms with van der Waals surface area (Å²) in [6.45, 7) is 3.46. The van der Waals surface area contributed by atoms with Gasteiger partial charge in [-0.1, -0.05) is 6.92 Å². The van der Waals surface area contributed by atoms with Crippen LogP contribution < -0.4 is 5.73 Å². The second-order valence-electron chi connectivity index (χ2n) is 3.88. The predicted octanol–water partition coefficient (Wildman–Crippen LogP) is 0.428. The average molecular weight is 140 g/mol. The van der Waals surface area contributed by atoms with E-state index in [1.807, 2.05) is 0 Å². The molecule has 0 aromatic carbocycles. The zero-order valence-corrected chi connectivity index (χ0v) is 6.80. The summed E-state index contributed by atoms with van der Waals surface area (Å²) in [5.41, 5.74) is 6.38. The molecule has 2 aliphatic rings. The summed E-state index contributed by atoms with van der Waals surface area (Å²) in [5, 5.41) is 0. The molecule has 1 aliphatic heterocycles. The number of nitrogens with two attached hydrogens (primary N) is 1. The van der Waals surface area contributed by atoms with Gasteiger partial charge in [0.2, 0.25) is 0 Å². The van der Waals surface area contributed by atoms with Crippen molar-refractivity contribution in [2.45, 2.75) is 31.3 Å². The van der Waals surface area contributed by atoms with Crippen LogP contribution in [0.25, 0.3) is 0 Å². The van der Waals surface area contributed by atoms with E-state index >= 15 is 0 Å². The van der Waals surface area contributed by atoms with Crippen LogP contribution in [0.5, 0.6) is 0 Å². The van der Waals surface area contributed by atoms with Crippen LogP contribution >= 0.6 is 0 Å². The third-order valence-corrected chi connectivity index (χ3v) is 3.25. The van der Waals surface area contributed by atoms with Crippen molar-refractivity contribution in [3.8, 4) is 0 Å². The molecule has 3 atom stereocenters. The molecule has 0 amide bonds. The maximum Gasteiger partial charge on any atom is 0.0357 e. The molecule has 2 fully saturated rings. The molecule has 0 spiro atoms. The van der Waals surface area contributed by atoms with Gasteiger partial charge in [-0.25, -0.2) is 0 Å². The number of fused-ring (bicyclic) bond motifs is 1. The Hall–Kier alpha value is -0.0800. The molecule has 58 valence electrons. The van der Waals surface area contributed by atoms with Crippen LogP contribution in [0.2, 0.25) is 0 Å². The molecule has 0 unspecified atom stereocenters. The van der Waals surface area contributed by atoms with Gasteiger partial charge in [0.05, 0.1) is 0 Å². The van der Waals surface area contributed by atoms with E-state index in [0.29, 0.717) is 6.04 Å².